The first kappa shape index (κ1) is 11.8. The second kappa shape index (κ2) is 5.59. The van der Waals surface area contributed by atoms with Gasteiger partial charge in [0.1, 0.15) is 5.02 Å². The van der Waals surface area contributed by atoms with Crippen molar-refractivity contribution in [3.8, 4) is 0 Å². The molecule has 88 valence electrons. The molecule has 1 aromatic rings. The van der Waals surface area contributed by atoms with Gasteiger partial charge in [0.25, 0.3) is 5.56 Å². The summed E-state index contributed by atoms with van der Waals surface area (Å²) < 4.78 is 0. The van der Waals surface area contributed by atoms with Crippen molar-refractivity contribution in [2.45, 2.75) is 24.5 Å². The maximum Gasteiger partial charge on any atom is 0.285 e. The van der Waals surface area contributed by atoms with Gasteiger partial charge in [0, 0.05) is 11.8 Å². The normalized spacial score (nSPS) is 20.7. The number of hydrogen-bond acceptors (Lipinski definition) is 4. The molecule has 0 spiro atoms. The number of aromatic nitrogens is 2. The van der Waals surface area contributed by atoms with Crippen LogP contribution in [0.2, 0.25) is 5.02 Å². The van der Waals surface area contributed by atoms with Gasteiger partial charge in [-0.1, -0.05) is 18.0 Å². The molecular weight excluding hydrogens is 246 g/mol. The van der Waals surface area contributed by atoms with Crippen LogP contribution in [0.1, 0.15) is 19.3 Å². The van der Waals surface area contributed by atoms with Gasteiger partial charge < -0.3 is 5.32 Å². The Bertz CT molecular complexity index is 403. The Balaban J connectivity index is 1.93. The summed E-state index contributed by atoms with van der Waals surface area (Å²) >= 11 is 7.84. The zero-order valence-electron chi connectivity index (χ0n) is 8.83. The molecule has 1 saturated heterocycles. The van der Waals surface area contributed by atoms with Crippen LogP contribution in [0.4, 0.5) is 5.69 Å². The lowest BCUT2D eigenvalue weighted by atomic mass is 10.2. The molecule has 2 N–H and O–H groups in total. The van der Waals surface area contributed by atoms with Crippen LogP contribution < -0.4 is 10.9 Å². The lowest BCUT2D eigenvalue weighted by molar-refractivity contribution is 0.677. The number of anilines is 1. The molecule has 2 rings (SSSR count). The van der Waals surface area contributed by atoms with E-state index in [1.165, 1.54) is 25.0 Å². The van der Waals surface area contributed by atoms with Crippen LogP contribution in [-0.2, 0) is 0 Å². The predicted molar refractivity (Wildman–Crippen MR) is 68.5 cm³/mol. The number of H-pyrrole nitrogens is 1. The molecule has 0 bridgehead atoms. The second-order valence-corrected chi connectivity index (χ2v) is 5.58. The Hall–Kier alpha value is -0.680. The number of halogens is 1. The topological polar surface area (TPSA) is 57.8 Å². The lowest BCUT2D eigenvalue weighted by Crippen LogP contribution is -2.21. The highest BCUT2D eigenvalue weighted by Crippen LogP contribution is 2.25. The minimum atomic E-state index is -0.344. The van der Waals surface area contributed by atoms with E-state index in [4.69, 9.17) is 11.6 Å². The van der Waals surface area contributed by atoms with Gasteiger partial charge in [-0.3, -0.25) is 4.79 Å². The average molecular weight is 260 g/mol. The fourth-order valence-electron chi connectivity index (χ4n) is 1.70. The molecule has 1 unspecified atom stereocenters. The van der Waals surface area contributed by atoms with Crippen molar-refractivity contribution in [2.24, 2.45) is 0 Å². The highest BCUT2D eigenvalue weighted by atomic mass is 35.5. The Labute approximate surface area is 103 Å². The summed E-state index contributed by atoms with van der Waals surface area (Å²) in [6.07, 6.45) is 5.39. The molecule has 1 aromatic heterocycles. The second-order valence-electron chi connectivity index (χ2n) is 3.80. The molecule has 6 heteroatoms. The summed E-state index contributed by atoms with van der Waals surface area (Å²) in [5, 5.41) is 10.0. The molecule has 1 aliphatic rings. The number of aromatic amines is 1. The molecule has 0 aliphatic carbocycles. The van der Waals surface area contributed by atoms with E-state index >= 15 is 0 Å². The molecule has 4 nitrogen and oxygen atoms in total. The fourth-order valence-corrected chi connectivity index (χ4v) is 3.10. The first-order valence-electron chi connectivity index (χ1n) is 5.36. The maximum atomic E-state index is 11.2. The average Bonchev–Trinajstić information content (AvgIpc) is 2.32. The van der Waals surface area contributed by atoms with Gasteiger partial charge in [-0.2, -0.15) is 16.9 Å². The van der Waals surface area contributed by atoms with Gasteiger partial charge in [0.05, 0.1) is 11.9 Å². The Morgan fingerprint density at radius 1 is 1.62 bits per heavy atom. The number of nitrogens with zero attached hydrogens (tertiary/aromatic N) is 1. The summed E-state index contributed by atoms with van der Waals surface area (Å²) in [7, 11) is 0. The van der Waals surface area contributed by atoms with Crippen molar-refractivity contribution >= 4 is 29.1 Å². The summed E-state index contributed by atoms with van der Waals surface area (Å²) in [4.78, 5) is 11.2. The Morgan fingerprint density at radius 2 is 2.50 bits per heavy atom. The quantitative estimate of drug-likeness (QED) is 0.873. The summed E-state index contributed by atoms with van der Waals surface area (Å²) in [6, 6.07) is 0. The van der Waals surface area contributed by atoms with Gasteiger partial charge in [-0.05, 0) is 18.6 Å². The van der Waals surface area contributed by atoms with Crippen LogP contribution in [0.5, 0.6) is 0 Å². The van der Waals surface area contributed by atoms with Gasteiger partial charge in [-0.15, -0.1) is 0 Å². The minimum absolute atomic E-state index is 0.191. The van der Waals surface area contributed by atoms with Gasteiger partial charge >= 0.3 is 0 Å². The predicted octanol–water partition coefficient (Wildman–Crippen LogP) is 2.12. The molecule has 0 aromatic carbocycles. The molecule has 1 fully saturated rings. The summed E-state index contributed by atoms with van der Waals surface area (Å²) in [5.41, 5.74) is 0.277. The number of hydrogen-bond donors (Lipinski definition) is 2. The van der Waals surface area contributed by atoms with Crippen molar-refractivity contribution in [3.05, 3.63) is 21.6 Å². The monoisotopic (exact) mass is 259 g/mol. The third-order valence-electron chi connectivity index (χ3n) is 2.59. The summed E-state index contributed by atoms with van der Waals surface area (Å²) in [6.45, 7) is 0.843. The molecule has 0 saturated carbocycles. The van der Waals surface area contributed by atoms with Crippen LogP contribution in [0, 0.1) is 0 Å². The zero-order valence-corrected chi connectivity index (χ0v) is 10.4. The van der Waals surface area contributed by atoms with Crippen molar-refractivity contribution < 1.29 is 0 Å². The molecule has 1 aliphatic heterocycles. The van der Waals surface area contributed by atoms with Gasteiger partial charge in [0.2, 0.25) is 0 Å². The number of rotatable bonds is 3. The lowest BCUT2D eigenvalue weighted by Gasteiger charge is -2.21. The van der Waals surface area contributed by atoms with Crippen molar-refractivity contribution in [1.82, 2.24) is 10.2 Å². The van der Waals surface area contributed by atoms with E-state index in [-0.39, 0.29) is 10.6 Å². The molecule has 0 radical (unpaired) electrons. The number of nitrogens with one attached hydrogen (secondary N) is 2. The highest BCUT2D eigenvalue weighted by molar-refractivity contribution is 7.99. The van der Waals surface area contributed by atoms with E-state index in [9.17, 15) is 4.79 Å². The van der Waals surface area contributed by atoms with Crippen molar-refractivity contribution in [1.29, 1.82) is 0 Å². The first-order valence-corrected chi connectivity index (χ1v) is 6.78. The van der Waals surface area contributed by atoms with E-state index in [0.717, 1.165) is 6.54 Å². The zero-order chi connectivity index (χ0) is 11.4. The minimum Gasteiger partial charge on any atom is -0.381 e. The van der Waals surface area contributed by atoms with Crippen LogP contribution in [0.3, 0.4) is 0 Å². The van der Waals surface area contributed by atoms with Crippen molar-refractivity contribution in [2.75, 3.05) is 17.6 Å². The van der Waals surface area contributed by atoms with Crippen LogP contribution >= 0.6 is 23.4 Å². The smallest absolute Gasteiger partial charge is 0.285 e. The van der Waals surface area contributed by atoms with E-state index < -0.39 is 0 Å². The molecule has 2 heterocycles. The van der Waals surface area contributed by atoms with Gasteiger partial charge in [-0.25, -0.2) is 5.10 Å². The maximum absolute atomic E-state index is 11.2. The standard InChI is InChI=1S/C10H14ClN3OS/c11-9-8(6-13-14-10(9)15)12-5-7-3-1-2-4-16-7/h6-7H,1-5H2,(H2,12,14,15). The largest absolute Gasteiger partial charge is 0.381 e. The van der Waals surface area contributed by atoms with Crippen LogP contribution in [0.15, 0.2) is 11.0 Å². The van der Waals surface area contributed by atoms with E-state index in [2.05, 4.69) is 15.5 Å². The van der Waals surface area contributed by atoms with Crippen LogP contribution in [0.25, 0.3) is 0 Å². The molecule has 1 atom stereocenters. The molecule has 0 amide bonds. The number of thioether (sulfide) groups is 1. The summed E-state index contributed by atoms with van der Waals surface area (Å²) in [5.74, 6) is 1.23. The van der Waals surface area contributed by atoms with E-state index in [1.54, 1.807) is 6.20 Å². The molecular formula is C10H14ClN3OS. The third-order valence-corrected chi connectivity index (χ3v) is 4.36. The van der Waals surface area contributed by atoms with Gasteiger partial charge in [0.15, 0.2) is 0 Å². The van der Waals surface area contributed by atoms with E-state index in [0.29, 0.717) is 10.9 Å². The van der Waals surface area contributed by atoms with Crippen molar-refractivity contribution in [3.63, 3.8) is 0 Å². The SMILES string of the molecule is O=c1[nH]ncc(NCC2CCCCS2)c1Cl. The fraction of sp³-hybridized carbons (Fsp3) is 0.600. The Morgan fingerprint density at radius 3 is 3.25 bits per heavy atom. The Kier molecular flexibility index (Phi) is 4.12. The highest BCUT2D eigenvalue weighted by Gasteiger charge is 2.14. The third kappa shape index (κ3) is 2.92. The van der Waals surface area contributed by atoms with E-state index in [1.807, 2.05) is 11.8 Å². The first-order chi connectivity index (χ1) is 7.77. The molecule has 16 heavy (non-hydrogen) atoms. The van der Waals surface area contributed by atoms with Crippen LogP contribution in [-0.4, -0.2) is 27.7 Å².